The minimum Gasteiger partial charge on any atom is -0.345 e. The molecule has 1 fully saturated rings. The maximum absolute atomic E-state index is 12.2. The Bertz CT molecular complexity index is 534. The molecule has 0 radical (unpaired) electrons. The first-order chi connectivity index (χ1) is 9.99. The summed E-state index contributed by atoms with van der Waals surface area (Å²) in [6, 6.07) is 5.47. The smallest absolute Gasteiger partial charge is 0.253 e. The average Bonchev–Trinajstić information content (AvgIpc) is 2.49. The van der Waals surface area contributed by atoms with Gasteiger partial charge in [-0.05, 0) is 44.0 Å². The number of nitrogens with one attached hydrogen (secondary N) is 2. The summed E-state index contributed by atoms with van der Waals surface area (Å²) >= 11 is 0. The molecule has 1 saturated heterocycles. The molecule has 2 rings (SSSR count). The largest absolute Gasteiger partial charge is 0.345 e. The van der Waals surface area contributed by atoms with Crippen LogP contribution in [-0.2, 0) is 4.79 Å². The monoisotopic (exact) mass is 289 g/mol. The summed E-state index contributed by atoms with van der Waals surface area (Å²) in [5.41, 5.74) is 2.21. The molecule has 1 aliphatic heterocycles. The van der Waals surface area contributed by atoms with E-state index < -0.39 is 0 Å². The SMILES string of the molecule is Cc1ccc(NC(=O)C2CCCNC2)cc1C(=O)N(C)C. The van der Waals surface area contributed by atoms with Crippen molar-refractivity contribution in [2.45, 2.75) is 19.8 Å². The van der Waals surface area contributed by atoms with Crippen molar-refractivity contribution in [2.24, 2.45) is 5.92 Å². The van der Waals surface area contributed by atoms with Gasteiger partial charge in [-0.15, -0.1) is 0 Å². The van der Waals surface area contributed by atoms with Gasteiger partial charge in [0.15, 0.2) is 0 Å². The van der Waals surface area contributed by atoms with Crippen molar-refractivity contribution in [3.8, 4) is 0 Å². The fraction of sp³-hybridized carbons (Fsp3) is 0.500. The Balaban J connectivity index is 2.11. The second kappa shape index (κ2) is 6.72. The van der Waals surface area contributed by atoms with E-state index in [1.807, 2.05) is 19.1 Å². The predicted octanol–water partition coefficient (Wildman–Crippen LogP) is 1.63. The van der Waals surface area contributed by atoms with E-state index in [2.05, 4.69) is 10.6 Å². The quantitative estimate of drug-likeness (QED) is 0.889. The van der Waals surface area contributed by atoms with Crippen LogP contribution in [0.2, 0.25) is 0 Å². The van der Waals surface area contributed by atoms with Crippen LogP contribution < -0.4 is 10.6 Å². The molecule has 1 aromatic rings. The third kappa shape index (κ3) is 3.82. The number of anilines is 1. The Morgan fingerprint density at radius 1 is 1.33 bits per heavy atom. The molecule has 0 aliphatic carbocycles. The Morgan fingerprint density at radius 2 is 2.10 bits per heavy atom. The lowest BCUT2D eigenvalue weighted by Crippen LogP contribution is -2.37. The van der Waals surface area contributed by atoms with Gasteiger partial charge in [-0.1, -0.05) is 6.07 Å². The fourth-order valence-corrected chi connectivity index (χ4v) is 2.49. The molecule has 0 spiro atoms. The van der Waals surface area contributed by atoms with Crippen LogP contribution in [0.1, 0.15) is 28.8 Å². The average molecular weight is 289 g/mol. The summed E-state index contributed by atoms with van der Waals surface area (Å²) < 4.78 is 0. The third-order valence-electron chi connectivity index (χ3n) is 3.81. The molecule has 0 saturated carbocycles. The van der Waals surface area contributed by atoms with Crippen molar-refractivity contribution in [1.82, 2.24) is 10.2 Å². The summed E-state index contributed by atoms with van der Waals surface area (Å²) in [4.78, 5) is 25.9. The molecule has 1 atom stereocenters. The van der Waals surface area contributed by atoms with Crippen molar-refractivity contribution in [3.05, 3.63) is 29.3 Å². The number of nitrogens with zero attached hydrogens (tertiary/aromatic N) is 1. The molecule has 0 bridgehead atoms. The molecule has 1 heterocycles. The van der Waals surface area contributed by atoms with E-state index >= 15 is 0 Å². The molecule has 114 valence electrons. The number of amides is 2. The minimum absolute atomic E-state index is 0.00746. The van der Waals surface area contributed by atoms with Gasteiger partial charge < -0.3 is 15.5 Å². The zero-order chi connectivity index (χ0) is 15.4. The normalized spacial score (nSPS) is 18.1. The molecule has 5 heteroatoms. The Labute approximate surface area is 125 Å². The van der Waals surface area contributed by atoms with Crippen molar-refractivity contribution >= 4 is 17.5 Å². The highest BCUT2D eigenvalue weighted by atomic mass is 16.2. The third-order valence-corrected chi connectivity index (χ3v) is 3.81. The van der Waals surface area contributed by atoms with Gasteiger partial charge >= 0.3 is 0 Å². The molecule has 2 N–H and O–H groups in total. The van der Waals surface area contributed by atoms with Gasteiger partial charge in [0.2, 0.25) is 5.91 Å². The van der Waals surface area contributed by atoms with Gasteiger partial charge in [-0.3, -0.25) is 9.59 Å². The molecule has 5 nitrogen and oxygen atoms in total. The number of benzene rings is 1. The summed E-state index contributed by atoms with van der Waals surface area (Å²) in [6.45, 7) is 3.60. The number of carbonyl (C=O) groups is 2. The van der Waals surface area contributed by atoms with Gasteiger partial charge in [0.05, 0.1) is 5.92 Å². The van der Waals surface area contributed by atoms with E-state index in [0.29, 0.717) is 11.3 Å². The molecular weight excluding hydrogens is 266 g/mol. The van der Waals surface area contributed by atoms with Crippen molar-refractivity contribution in [2.75, 3.05) is 32.5 Å². The lowest BCUT2D eigenvalue weighted by atomic mass is 9.98. The standard InChI is InChI=1S/C16H23N3O2/c1-11-6-7-13(9-14(11)16(21)19(2)3)18-15(20)12-5-4-8-17-10-12/h6-7,9,12,17H,4-5,8,10H2,1-3H3,(H,18,20). The highest BCUT2D eigenvalue weighted by Gasteiger charge is 2.21. The lowest BCUT2D eigenvalue weighted by molar-refractivity contribution is -0.120. The number of piperidine rings is 1. The van der Waals surface area contributed by atoms with Crippen molar-refractivity contribution < 1.29 is 9.59 Å². The molecule has 0 aromatic heterocycles. The number of rotatable bonds is 3. The van der Waals surface area contributed by atoms with E-state index in [0.717, 1.165) is 31.5 Å². The topological polar surface area (TPSA) is 61.4 Å². The van der Waals surface area contributed by atoms with Gasteiger partial charge in [0, 0.05) is 31.9 Å². The van der Waals surface area contributed by atoms with Crippen molar-refractivity contribution in [3.63, 3.8) is 0 Å². The van der Waals surface area contributed by atoms with E-state index in [4.69, 9.17) is 0 Å². The Hall–Kier alpha value is -1.88. The van der Waals surface area contributed by atoms with Crippen LogP contribution in [0.5, 0.6) is 0 Å². The van der Waals surface area contributed by atoms with E-state index in [9.17, 15) is 9.59 Å². The van der Waals surface area contributed by atoms with E-state index in [1.54, 1.807) is 25.1 Å². The number of hydrogen-bond acceptors (Lipinski definition) is 3. The Morgan fingerprint density at radius 3 is 2.71 bits per heavy atom. The predicted molar refractivity (Wildman–Crippen MR) is 83.4 cm³/mol. The van der Waals surface area contributed by atoms with Crippen LogP contribution in [0.3, 0.4) is 0 Å². The van der Waals surface area contributed by atoms with Gasteiger partial charge in [-0.25, -0.2) is 0 Å². The second-order valence-electron chi connectivity index (χ2n) is 5.76. The number of aryl methyl sites for hydroxylation is 1. The van der Waals surface area contributed by atoms with Crippen LogP contribution in [0, 0.1) is 12.8 Å². The van der Waals surface area contributed by atoms with Crippen LogP contribution >= 0.6 is 0 Å². The summed E-state index contributed by atoms with van der Waals surface area (Å²) in [5, 5.41) is 6.16. The Kier molecular flexibility index (Phi) is 4.96. The van der Waals surface area contributed by atoms with E-state index in [-0.39, 0.29) is 17.7 Å². The first kappa shape index (κ1) is 15.5. The highest BCUT2D eigenvalue weighted by Crippen LogP contribution is 2.19. The molecule has 1 unspecified atom stereocenters. The highest BCUT2D eigenvalue weighted by molar-refractivity contribution is 5.98. The van der Waals surface area contributed by atoms with Crippen molar-refractivity contribution in [1.29, 1.82) is 0 Å². The fourth-order valence-electron chi connectivity index (χ4n) is 2.49. The summed E-state index contributed by atoms with van der Waals surface area (Å²) in [6.07, 6.45) is 1.94. The number of hydrogen-bond donors (Lipinski definition) is 2. The maximum Gasteiger partial charge on any atom is 0.253 e. The van der Waals surface area contributed by atoms with Gasteiger partial charge in [-0.2, -0.15) is 0 Å². The second-order valence-corrected chi connectivity index (χ2v) is 5.76. The lowest BCUT2D eigenvalue weighted by Gasteiger charge is -2.22. The first-order valence-corrected chi connectivity index (χ1v) is 7.33. The zero-order valence-electron chi connectivity index (χ0n) is 12.9. The number of carbonyl (C=O) groups excluding carboxylic acids is 2. The van der Waals surface area contributed by atoms with Gasteiger partial charge in [0.1, 0.15) is 0 Å². The molecule has 1 aromatic carbocycles. The molecule has 2 amide bonds. The first-order valence-electron chi connectivity index (χ1n) is 7.33. The maximum atomic E-state index is 12.2. The van der Waals surface area contributed by atoms with Crippen LogP contribution in [0.25, 0.3) is 0 Å². The van der Waals surface area contributed by atoms with Gasteiger partial charge in [0.25, 0.3) is 5.91 Å². The minimum atomic E-state index is -0.0528. The molecule has 21 heavy (non-hydrogen) atoms. The molecular formula is C16H23N3O2. The van der Waals surface area contributed by atoms with Crippen LogP contribution in [0.15, 0.2) is 18.2 Å². The van der Waals surface area contributed by atoms with Crippen LogP contribution in [0.4, 0.5) is 5.69 Å². The summed E-state index contributed by atoms with van der Waals surface area (Å²) in [5.74, 6) is -0.0229. The van der Waals surface area contributed by atoms with Crippen LogP contribution in [-0.4, -0.2) is 43.9 Å². The van der Waals surface area contributed by atoms with E-state index in [1.165, 1.54) is 0 Å². The summed E-state index contributed by atoms with van der Waals surface area (Å²) in [7, 11) is 3.45. The zero-order valence-corrected chi connectivity index (χ0v) is 12.9. The molecule has 1 aliphatic rings.